The summed E-state index contributed by atoms with van der Waals surface area (Å²) in [5.74, 6) is -2.99. The maximum absolute atomic E-state index is 13.4. The van der Waals surface area contributed by atoms with Crippen molar-refractivity contribution in [2.45, 2.75) is 18.8 Å². The molecule has 1 saturated heterocycles. The van der Waals surface area contributed by atoms with Crippen molar-refractivity contribution in [2.75, 3.05) is 23.3 Å². The van der Waals surface area contributed by atoms with Crippen molar-refractivity contribution in [1.82, 2.24) is 19.6 Å². The number of pyridine rings is 1. The Labute approximate surface area is 147 Å². The number of aromatic nitrogens is 4. The highest BCUT2D eigenvalue weighted by atomic mass is 19.3. The van der Waals surface area contributed by atoms with Gasteiger partial charge in [-0.2, -0.15) is 5.10 Å². The Morgan fingerprint density at radius 1 is 1.15 bits per heavy atom. The lowest BCUT2D eigenvalue weighted by molar-refractivity contribution is -0.0220. The molecule has 0 unspecified atom stereocenters. The SMILES string of the molecule is O=C(Nc1cnccc1N1CCC(F)(F)CC1)c1ccnn2ccnc12. The molecule has 0 aromatic carbocycles. The van der Waals surface area contributed by atoms with Crippen LogP contribution in [-0.2, 0) is 0 Å². The second-order valence-corrected chi connectivity index (χ2v) is 6.13. The third-order valence-corrected chi connectivity index (χ3v) is 4.42. The Bertz CT molecular complexity index is 947. The molecule has 134 valence electrons. The molecule has 1 fully saturated rings. The first-order valence-electron chi connectivity index (χ1n) is 8.20. The summed E-state index contributed by atoms with van der Waals surface area (Å²) in [6, 6.07) is 3.30. The van der Waals surface area contributed by atoms with Crippen molar-refractivity contribution in [3.63, 3.8) is 0 Å². The van der Waals surface area contributed by atoms with Gasteiger partial charge in [0.1, 0.15) is 0 Å². The first-order chi connectivity index (χ1) is 12.5. The van der Waals surface area contributed by atoms with E-state index in [1.165, 1.54) is 16.9 Å². The molecule has 3 aromatic heterocycles. The number of fused-ring (bicyclic) bond motifs is 1. The summed E-state index contributed by atoms with van der Waals surface area (Å²) in [7, 11) is 0. The normalized spacial score (nSPS) is 16.6. The molecule has 1 amide bonds. The van der Waals surface area contributed by atoms with Gasteiger partial charge in [-0.1, -0.05) is 0 Å². The Hall–Kier alpha value is -3.10. The average molecular weight is 358 g/mol. The number of halogens is 2. The van der Waals surface area contributed by atoms with Crippen molar-refractivity contribution in [1.29, 1.82) is 0 Å². The van der Waals surface area contributed by atoms with Gasteiger partial charge >= 0.3 is 0 Å². The van der Waals surface area contributed by atoms with Crippen LogP contribution in [0.15, 0.2) is 43.1 Å². The monoisotopic (exact) mass is 358 g/mol. The van der Waals surface area contributed by atoms with E-state index in [-0.39, 0.29) is 31.8 Å². The molecule has 0 saturated carbocycles. The van der Waals surface area contributed by atoms with Gasteiger partial charge < -0.3 is 10.2 Å². The number of imidazole rings is 1. The highest BCUT2D eigenvalue weighted by Gasteiger charge is 2.34. The molecular formula is C17H16F2N6O. The average Bonchev–Trinajstić information content (AvgIpc) is 3.11. The summed E-state index contributed by atoms with van der Waals surface area (Å²) in [4.78, 5) is 22.7. The smallest absolute Gasteiger partial charge is 0.259 e. The first kappa shape index (κ1) is 16.4. The number of hydrogen-bond acceptors (Lipinski definition) is 5. The molecule has 1 N–H and O–H groups in total. The van der Waals surface area contributed by atoms with E-state index in [1.54, 1.807) is 30.7 Å². The first-order valence-corrected chi connectivity index (χ1v) is 8.20. The molecule has 7 nitrogen and oxygen atoms in total. The molecule has 0 bridgehead atoms. The Kier molecular flexibility index (Phi) is 3.98. The molecule has 0 radical (unpaired) electrons. The number of carbonyl (C=O) groups excluding carboxylic acids is 1. The summed E-state index contributed by atoms with van der Waals surface area (Å²) < 4.78 is 28.3. The zero-order valence-corrected chi connectivity index (χ0v) is 13.8. The van der Waals surface area contributed by atoms with Crippen LogP contribution in [0, 0.1) is 0 Å². The fourth-order valence-corrected chi connectivity index (χ4v) is 3.04. The number of nitrogens with one attached hydrogen (secondary N) is 1. The fraction of sp³-hybridized carbons (Fsp3) is 0.294. The number of anilines is 2. The Morgan fingerprint density at radius 3 is 2.77 bits per heavy atom. The minimum absolute atomic E-state index is 0.207. The number of piperidine rings is 1. The van der Waals surface area contributed by atoms with Crippen molar-refractivity contribution < 1.29 is 13.6 Å². The number of nitrogens with zero attached hydrogens (tertiary/aromatic N) is 5. The molecular weight excluding hydrogens is 342 g/mol. The predicted molar refractivity (Wildman–Crippen MR) is 91.6 cm³/mol. The highest BCUT2D eigenvalue weighted by Crippen LogP contribution is 2.33. The van der Waals surface area contributed by atoms with Crippen LogP contribution < -0.4 is 10.2 Å². The molecule has 1 aliphatic rings. The van der Waals surface area contributed by atoms with Crippen LogP contribution in [0.5, 0.6) is 0 Å². The molecule has 3 aromatic rings. The summed E-state index contributed by atoms with van der Waals surface area (Å²) in [5.41, 5.74) is 1.96. The minimum Gasteiger partial charge on any atom is -0.369 e. The van der Waals surface area contributed by atoms with E-state index in [0.717, 1.165) is 0 Å². The van der Waals surface area contributed by atoms with Crippen LogP contribution in [0.25, 0.3) is 5.65 Å². The van der Waals surface area contributed by atoms with E-state index in [1.807, 2.05) is 4.90 Å². The van der Waals surface area contributed by atoms with Gasteiger partial charge in [-0.15, -0.1) is 0 Å². The van der Waals surface area contributed by atoms with Crippen LogP contribution in [0.4, 0.5) is 20.2 Å². The lowest BCUT2D eigenvalue weighted by Crippen LogP contribution is -2.39. The largest absolute Gasteiger partial charge is 0.369 e. The van der Waals surface area contributed by atoms with E-state index in [4.69, 9.17) is 0 Å². The molecule has 26 heavy (non-hydrogen) atoms. The summed E-state index contributed by atoms with van der Waals surface area (Å²) in [5, 5.41) is 6.89. The number of hydrogen-bond donors (Lipinski definition) is 1. The quantitative estimate of drug-likeness (QED) is 0.779. The fourth-order valence-electron chi connectivity index (χ4n) is 3.04. The van der Waals surface area contributed by atoms with Gasteiger partial charge in [0.15, 0.2) is 5.65 Å². The van der Waals surface area contributed by atoms with Gasteiger partial charge in [-0.25, -0.2) is 18.3 Å². The number of amides is 1. The topological polar surface area (TPSA) is 75.4 Å². The lowest BCUT2D eigenvalue weighted by Gasteiger charge is -2.34. The molecule has 0 atom stereocenters. The second kappa shape index (κ2) is 6.32. The summed E-state index contributed by atoms with van der Waals surface area (Å²) in [6.45, 7) is 0.444. The van der Waals surface area contributed by atoms with Gasteiger partial charge in [0.2, 0.25) is 0 Å². The molecule has 9 heteroatoms. The van der Waals surface area contributed by atoms with E-state index < -0.39 is 5.92 Å². The standard InChI is InChI=1S/C17H16F2N6O/c18-17(19)3-8-24(9-4-17)14-2-5-20-11-13(14)23-16(26)12-1-6-22-25-10-7-21-15(12)25/h1-2,5-7,10-11H,3-4,8-9H2,(H,23,26). The van der Waals surface area contributed by atoms with Crippen molar-refractivity contribution in [3.8, 4) is 0 Å². The summed E-state index contributed by atoms with van der Waals surface area (Å²) >= 11 is 0. The molecule has 1 aliphatic heterocycles. The van der Waals surface area contributed by atoms with Crippen molar-refractivity contribution >= 4 is 22.9 Å². The molecule has 0 aliphatic carbocycles. The highest BCUT2D eigenvalue weighted by molar-refractivity contribution is 6.09. The van der Waals surface area contributed by atoms with Crippen LogP contribution in [0.1, 0.15) is 23.2 Å². The van der Waals surface area contributed by atoms with Crippen molar-refractivity contribution in [2.24, 2.45) is 0 Å². The third kappa shape index (κ3) is 3.07. The predicted octanol–water partition coefficient (Wildman–Crippen LogP) is 2.61. The van der Waals surface area contributed by atoms with Crippen LogP contribution in [0.3, 0.4) is 0 Å². The van der Waals surface area contributed by atoms with Crippen molar-refractivity contribution in [3.05, 3.63) is 48.7 Å². The van der Waals surface area contributed by atoms with E-state index in [2.05, 4.69) is 20.4 Å². The Morgan fingerprint density at radius 2 is 1.96 bits per heavy atom. The third-order valence-electron chi connectivity index (χ3n) is 4.42. The van der Waals surface area contributed by atoms with E-state index in [0.29, 0.717) is 22.6 Å². The Balaban J connectivity index is 1.59. The number of rotatable bonds is 3. The van der Waals surface area contributed by atoms with Crippen LogP contribution >= 0.6 is 0 Å². The number of alkyl halides is 2. The zero-order valence-electron chi connectivity index (χ0n) is 13.8. The van der Waals surface area contributed by atoms with Gasteiger partial charge in [0.05, 0.1) is 23.1 Å². The van der Waals surface area contributed by atoms with E-state index in [9.17, 15) is 13.6 Å². The maximum atomic E-state index is 13.4. The molecule has 4 rings (SSSR count). The zero-order chi connectivity index (χ0) is 18.1. The number of carbonyl (C=O) groups is 1. The van der Waals surface area contributed by atoms with Gasteiger partial charge in [-0.3, -0.25) is 9.78 Å². The molecule has 4 heterocycles. The van der Waals surface area contributed by atoms with Gasteiger partial charge in [0.25, 0.3) is 11.8 Å². The van der Waals surface area contributed by atoms with E-state index >= 15 is 0 Å². The maximum Gasteiger partial charge on any atom is 0.259 e. The van der Waals surface area contributed by atoms with Crippen LogP contribution in [-0.4, -0.2) is 44.5 Å². The minimum atomic E-state index is -2.63. The lowest BCUT2D eigenvalue weighted by atomic mass is 10.1. The van der Waals surface area contributed by atoms with Crippen LogP contribution in [0.2, 0.25) is 0 Å². The summed E-state index contributed by atoms with van der Waals surface area (Å²) in [6.07, 6.45) is 7.41. The molecule has 0 spiro atoms. The second-order valence-electron chi connectivity index (χ2n) is 6.13. The van der Waals surface area contributed by atoms with Gasteiger partial charge in [-0.05, 0) is 12.1 Å². The van der Waals surface area contributed by atoms with Gasteiger partial charge in [0, 0.05) is 50.7 Å².